The first kappa shape index (κ1) is 17.3. The molecule has 3 heterocycles. The Balaban J connectivity index is 1.13. The molecule has 0 bridgehead atoms. The molecule has 0 fully saturated rings. The first-order valence-electron chi connectivity index (χ1n) is 10.4. The van der Waals surface area contributed by atoms with Crippen molar-refractivity contribution in [3.8, 4) is 0 Å². The Bertz CT molecular complexity index is 1080. The van der Waals surface area contributed by atoms with E-state index >= 15 is 0 Å². The highest BCUT2D eigenvalue weighted by Gasteiger charge is 2.14. The van der Waals surface area contributed by atoms with E-state index in [9.17, 15) is 0 Å². The van der Waals surface area contributed by atoms with Crippen LogP contribution < -0.4 is 0 Å². The number of hydrogen-bond donors (Lipinski definition) is 2. The average Bonchev–Trinajstić information content (AvgIpc) is 3.36. The molecule has 0 saturated heterocycles. The molecule has 1 aliphatic rings. The largest absolute Gasteiger partial charge is 0.361 e. The Morgan fingerprint density at radius 1 is 0.929 bits per heavy atom. The fourth-order valence-corrected chi connectivity index (χ4v) is 4.39. The highest BCUT2D eigenvalue weighted by molar-refractivity contribution is 5.85. The van der Waals surface area contributed by atoms with Crippen LogP contribution >= 0.6 is 0 Å². The molecule has 0 unspecified atom stereocenters. The maximum atomic E-state index is 3.57. The van der Waals surface area contributed by atoms with Crippen LogP contribution in [0.3, 0.4) is 0 Å². The SMILES string of the molecule is C1=C(c2cc3ccccc3[nH]2)CCN(CCCCc2c[nH]c3ccccc23)C1. The quantitative estimate of drug-likeness (QED) is 0.416. The van der Waals surface area contributed by atoms with Crippen molar-refractivity contribution in [1.82, 2.24) is 14.9 Å². The second-order valence-corrected chi connectivity index (χ2v) is 7.87. The summed E-state index contributed by atoms with van der Waals surface area (Å²) in [6.45, 7) is 3.42. The fourth-order valence-electron chi connectivity index (χ4n) is 4.39. The van der Waals surface area contributed by atoms with Gasteiger partial charge in [-0.05, 0) is 66.9 Å². The molecule has 28 heavy (non-hydrogen) atoms. The minimum Gasteiger partial charge on any atom is -0.361 e. The molecule has 2 N–H and O–H groups in total. The van der Waals surface area contributed by atoms with E-state index in [1.807, 2.05) is 0 Å². The maximum absolute atomic E-state index is 3.57. The summed E-state index contributed by atoms with van der Waals surface area (Å²) in [4.78, 5) is 9.54. The number of aromatic amines is 2. The van der Waals surface area contributed by atoms with Crippen LogP contribution in [0.4, 0.5) is 0 Å². The van der Waals surface area contributed by atoms with Crippen LogP contribution in [-0.2, 0) is 6.42 Å². The standard InChI is InChI=1S/C25H27N3/c1-3-10-23-20(7-1)17-25(27-23)19-12-15-28(16-13-19)14-6-5-8-21-18-26-24-11-4-2-9-22(21)24/h1-4,7,9-12,17-18,26-27H,5-6,8,13-16H2. The van der Waals surface area contributed by atoms with Crippen LogP contribution in [0.5, 0.6) is 0 Å². The summed E-state index contributed by atoms with van der Waals surface area (Å²) in [5.41, 5.74) is 6.70. The summed E-state index contributed by atoms with van der Waals surface area (Å²) in [7, 11) is 0. The van der Waals surface area contributed by atoms with E-state index in [0.717, 1.165) is 25.9 Å². The van der Waals surface area contributed by atoms with Crippen molar-refractivity contribution in [3.63, 3.8) is 0 Å². The van der Waals surface area contributed by atoms with E-state index in [0.29, 0.717) is 0 Å². The Morgan fingerprint density at radius 2 is 1.79 bits per heavy atom. The van der Waals surface area contributed by atoms with Crippen molar-refractivity contribution >= 4 is 27.4 Å². The molecule has 3 nitrogen and oxygen atoms in total. The van der Waals surface area contributed by atoms with Gasteiger partial charge in [0.2, 0.25) is 0 Å². The topological polar surface area (TPSA) is 34.8 Å². The van der Waals surface area contributed by atoms with E-state index in [1.165, 1.54) is 58.0 Å². The van der Waals surface area contributed by atoms with Crippen molar-refractivity contribution in [2.75, 3.05) is 19.6 Å². The zero-order chi connectivity index (χ0) is 18.8. The third kappa shape index (κ3) is 3.50. The summed E-state index contributed by atoms with van der Waals surface area (Å²) in [6.07, 6.45) is 9.39. The number of para-hydroxylation sites is 2. The second-order valence-electron chi connectivity index (χ2n) is 7.87. The molecule has 0 atom stereocenters. The third-order valence-corrected chi connectivity index (χ3v) is 6.01. The predicted molar refractivity (Wildman–Crippen MR) is 119 cm³/mol. The van der Waals surface area contributed by atoms with E-state index in [4.69, 9.17) is 0 Å². The number of nitrogens with zero attached hydrogens (tertiary/aromatic N) is 1. The molecular formula is C25H27N3. The number of rotatable bonds is 6. The molecular weight excluding hydrogens is 342 g/mol. The molecule has 4 aromatic rings. The number of hydrogen-bond acceptors (Lipinski definition) is 1. The molecule has 0 radical (unpaired) electrons. The molecule has 1 aliphatic heterocycles. The highest BCUT2D eigenvalue weighted by Crippen LogP contribution is 2.26. The van der Waals surface area contributed by atoms with Gasteiger partial charge in [0, 0.05) is 41.4 Å². The van der Waals surface area contributed by atoms with E-state index in [2.05, 4.69) is 81.7 Å². The van der Waals surface area contributed by atoms with Crippen LogP contribution in [0.15, 0.2) is 66.9 Å². The lowest BCUT2D eigenvalue weighted by molar-refractivity contribution is 0.295. The van der Waals surface area contributed by atoms with Crippen molar-refractivity contribution in [3.05, 3.63) is 78.1 Å². The number of fused-ring (bicyclic) bond motifs is 2. The zero-order valence-corrected chi connectivity index (χ0v) is 16.2. The van der Waals surface area contributed by atoms with Gasteiger partial charge in [0.15, 0.2) is 0 Å². The van der Waals surface area contributed by atoms with Gasteiger partial charge in [-0.15, -0.1) is 0 Å². The van der Waals surface area contributed by atoms with Gasteiger partial charge in [0.25, 0.3) is 0 Å². The van der Waals surface area contributed by atoms with Gasteiger partial charge in [-0.1, -0.05) is 42.5 Å². The normalized spacial score (nSPS) is 15.4. The molecule has 0 aliphatic carbocycles. The molecule has 2 aromatic carbocycles. The fraction of sp³-hybridized carbons (Fsp3) is 0.280. The highest BCUT2D eigenvalue weighted by atomic mass is 15.1. The van der Waals surface area contributed by atoms with Gasteiger partial charge >= 0.3 is 0 Å². The van der Waals surface area contributed by atoms with Crippen LogP contribution in [0.1, 0.15) is 30.5 Å². The number of benzene rings is 2. The Kier molecular flexibility index (Phi) is 4.76. The number of aryl methyl sites for hydroxylation is 1. The van der Waals surface area contributed by atoms with Crippen LogP contribution in [0.2, 0.25) is 0 Å². The van der Waals surface area contributed by atoms with Gasteiger partial charge in [-0.2, -0.15) is 0 Å². The van der Waals surface area contributed by atoms with Gasteiger partial charge < -0.3 is 9.97 Å². The van der Waals surface area contributed by atoms with Crippen molar-refractivity contribution < 1.29 is 0 Å². The number of aromatic nitrogens is 2. The lowest BCUT2D eigenvalue weighted by Crippen LogP contribution is -2.29. The Hall–Kier alpha value is -2.78. The van der Waals surface area contributed by atoms with Gasteiger partial charge in [-0.3, -0.25) is 4.90 Å². The molecule has 0 saturated carbocycles. The Morgan fingerprint density at radius 3 is 2.64 bits per heavy atom. The second kappa shape index (κ2) is 7.69. The van der Waals surface area contributed by atoms with Gasteiger partial charge in [0.1, 0.15) is 0 Å². The van der Waals surface area contributed by atoms with Crippen molar-refractivity contribution in [1.29, 1.82) is 0 Å². The third-order valence-electron chi connectivity index (χ3n) is 6.01. The number of nitrogens with one attached hydrogen (secondary N) is 2. The lowest BCUT2D eigenvalue weighted by Gasteiger charge is -2.26. The van der Waals surface area contributed by atoms with E-state index < -0.39 is 0 Å². The minimum atomic E-state index is 1.07. The van der Waals surface area contributed by atoms with Crippen LogP contribution in [0, 0.1) is 0 Å². The Labute approximate surface area is 166 Å². The monoisotopic (exact) mass is 369 g/mol. The molecule has 2 aromatic heterocycles. The first-order valence-corrected chi connectivity index (χ1v) is 10.4. The predicted octanol–water partition coefficient (Wildman–Crippen LogP) is 5.76. The minimum absolute atomic E-state index is 1.07. The van der Waals surface area contributed by atoms with Gasteiger partial charge in [-0.25, -0.2) is 0 Å². The van der Waals surface area contributed by atoms with E-state index in [1.54, 1.807) is 0 Å². The molecule has 0 amide bonds. The molecule has 0 spiro atoms. The summed E-state index contributed by atoms with van der Waals surface area (Å²) in [5, 5.41) is 2.68. The first-order chi connectivity index (χ1) is 13.9. The average molecular weight is 370 g/mol. The summed E-state index contributed by atoms with van der Waals surface area (Å²) >= 11 is 0. The number of unbranched alkanes of at least 4 members (excludes halogenated alkanes) is 1. The zero-order valence-electron chi connectivity index (χ0n) is 16.2. The molecule has 3 heteroatoms. The van der Waals surface area contributed by atoms with Crippen molar-refractivity contribution in [2.24, 2.45) is 0 Å². The molecule has 142 valence electrons. The molecule has 5 rings (SSSR count). The lowest BCUT2D eigenvalue weighted by atomic mass is 10.0. The van der Waals surface area contributed by atoms with Crippen LogP contribution in [-0.4, -0.2) is 34.5 Å². The summed E-state index contributed by atoms with van der Waals surface area (Å²) < 4.78 is 0. The maximum Gasteiger partial charge on any atom is 0.0458 e. The van der Waals surface area contributed by atoms with Crippen molar-refractivity contribution in [2.45, 2.75) is 25.7 Å². The smallest absolute Gasteiger partial charge is 0.0458 e. The van der Waals surface area contributed by atoms with E-state index in [-0.39, 0.29) is 0 Å². The van der Waals surface area contributed by atoms with Gasteiger partial charge in [0.05, 0.1) is 0 Å². The summed E-state index contributed by atoms with van der Waals surface area (Å²) in [5.74, 6) is 0. The van der Waals surface area contributed by atoms with Crippen LogP contribution in [0.25, 0.3) is 27.4 Å². The summed E-state index contributed by atoms with van der Waals surface area (Å²) in [6, 6.07) is 19.4. The number of H-pyrrole nitrogens is 2.